The van der Waals surface area contributed by atoms with Gasteiger partial charge in [-0.3, -0.25) is 4.79 Å². The highest BCUT2D eigenvalue weighted by atomic mass is 32.1. The van der Waals surface area contributed by atoms with Gasteiger partial charge in [0.25, 0.3) is 5.91 Å². The zero-order valence-corrected chi connectivity index (χ0v) is 13.0. The molecule has 1 heterocycles. The Balaban J connectivity index is 2.30. The molecule has 1 aromatic heterocycles. The first-order valence-corrected chi connectivity index (χ1v) is 7.71. The van der Waals surface area contributed by atoms with Gasteiger partial charge in [-0.2, -0.15) is 0 Å². The fraction of sp³-hybridized carbons (Fsp3) is 0.235. The summed E-state index contributed by atoms with van der Waals surface area (Å²) in [7, 11) is 0. The second-order valence-electron chi connectivity index (χ2n) is 4.64. The van der Waals surface area contributed by atoms with E-state index in [2.05, 4.69) is 17.2 Å². The van der Waals surface area contributed by atoms with Crippen LogP contribution in [-0.4, -0.2) is 12.5 Å². The summed E-state index contributed by atoms with van der Waals surface area (Å²) in [5.41, 5.74) is 9.08. The minimum absolute atomic E-state index is 0.0803. The van der Waals surface area contributed by atoms with Gasteiger partial charge in [-0.1, -0.05) is 24.8 Å². The summed E-state index contributed by atoms with van der Waals surface area (Å²) in [6.45, 7) is 4.33. The Kier molecular flexibility index (Phi) is 5.15. The maximum absolute atomic E-state index is 12.4. The molecule has 0 atom stereocenters. The summed E-state index contributed by atoms with van der Waals surface area (Å²) in [6.07, 6.45) is 0.847. The Hall–Kier alpha value is -2.09. The lowest BCUT2D eigenvalue weighted by Gasteiger charge is -2.09. The van der Waals surface area contributed by atoms with Crippen molar-refractivity contribution < 1.29 is 4.79 Å². The highest BCUT2D eigenvalue weighted by Crippen LogP contribution is 2.22. The van der Waals surface area contributed by atoms with E-state index >= 15 is 0 Å². The van der Waals surface area contributed by atoms with Crippen molar-refractivity contribution in [3.63, 3.8) is 0 Å². The van der Waals surface area contributed by atoms with Crippen molar-refractivity contribution in [1.29, 1.82) is 0 Å². The molecular formula is C17H18N2OS. The van der Waals surface area contributed by atoms with Crippen molar-refractivity contribution in [1.82, 2.24) is 0 Å². The second kappa shape index (κ2) is 7.07. The molecule has 1 aromatic carbocycles. The van der Waals surface area contributed by atoms with Gasteiger partial charge in [0.1, 0.15) is 0 Å². The van der Waals surface area contributed by atoms with Gasteiger partial charge in [-0.25, -0.2) is 0 Å². The summed E-state index contributed by atoms with van der Waals surface area (Å²) >= 11 is 1.46. The first-order valence-electron chi connectivity index (χ1n) is 6.83. The Labute approximate surface area is 129 Å². The molecule has 4 heteroatoms. The first-order chi connectivity index (χ1) is 10.2. The number of nitrogens with one attached hydrogen (secondary N) is 1. The number of thiophene rings is 1. The minimum Gasteiger partial charge on any atom is -0.320 e. The number of amides is 1. The van der Waals surface area contributed by atoms with Crippen LogP contribution in [0.15, 0.2) is 29.6 Å². The molecule has 0 aliphatic rings. The average molecular weight is 298 g/mol. The van der Waals surface area contributed by atoms with Crippen molar-refractivity contribution in [3.05, 3.63) is 51.2 Å². The van der Waals surface area contributed by atoms with Crippen LogP contribution in [-0.2, 0) is 6.42 Å². The van der Waals surface area contributed by atoms with Gasteiger partial charge >= 0.3 is 0 Å². The van der Waals surface area contributed by atoms with Crippen LogP contribution >= 0.6 is 11.3 Å². The third-order valence-corrected chi connectivity index (χ3v) is 4.04. The van der Waals surface area contributed by atoms with Gasteiger partial charge in [-0.05, 0) is 48.1 Å². The molecule has 21 heavy (non-hydrogen) atoms. The fourth-order valence-corrected chi connectivity index (χ4v) is 2.90. The topological polar surface area (TPSA) is 55.1 Å². The average Bonchev–Trinajstić information content (AvgIpc) is 2.95. The normalized spacial score (nSPS) is 9.86. The largest absolute Gasteiger partial charge is 0.320 e. The lowest BCUT2D eigenvalue weighted by Crippen LogP contribution is -2.13. The van der Waals surface area contributed by atoms with E-state index in [9.17, 15) is 4.79 Å². The molecule has 1 amide bonds. The standard InChI is InChI=1S/C17H18N2OS/c1-3-13-8-10-21-16(13)17(20)19-15-11-12(2)6-7-14(15)5-4-9-18/h6-8,10-11H,3,9,18H2,1-2H3,(H,19,20). The smallest absolute Gasteiger partial charge is 0.266 e. The number of hydrogen-bond acceptors (Lipinski definition) is 3. The molecule has 0 unspecified atom stereocenters. The molecule has 0 aliphatic carbocycles. The lowest BCUT2D eigenvalue weighted by molar-refractivity contribution is 0.103. The summed E-state index contributed by atoms with van der Waals surface area (Å²) in [5.74, 6) is 5.74. The van der Waals surface area contributed by atoms with Crippen molar-refractivity contribution in [2.45, 2.75) is 20.3 Å². The Morgan fingerprint density at radius 1 is 1.38 bits per heavy atom. The molecule has 0 saturated heterocycles. The highest BCUT2D eigenvalue weighted by molar-refractivity contribution is 7.12. The van der Waals surface area contributed by atoms with E-state index in [4.69, 9.17) is 5.73 Å². The molecule has 2 aromatic rings. The maximum Gasteiger partial charge on any atom is 0.266 e. The molecule has 0 radical (unpaired) electrons. The van der Waals surface area contributed by atoms with Gasteiger partial charge in [0.2, 0.25) is 0 Å². The Bertz CT molecular complexity index is 707. The van der Waals surface area contributed by atoms with E-state index in [1.54, 1.807) is 0 Å². The van der Waals surface area contributed by atoms with Crippen LogP contribution in [0.5, 0.6) is 0 Å². The molecule has 0 aliphatic heterocycles. The number of anilines is 1. The lowest BCUT2D eigenvalue weighted by atomic mass is 10.1. The van der Waals surface area contributed by atoms with E-state index in [0.717, 1.165) is 33.7 Å². The van der Waals surface area contributed by atoms with E-state index in [1.807, 2.05) is 43.5 Å². The van der Waals surface area contributed by atoms with Crippen LogP contribution in [0.3, 0.4) is 0 Å². The maximum atomic E-state index is 12.4. The van der Waals surface area contributed by atoms with Crippen LogP contribution in [0.4, 0.5) is 5.69 Å². The zero-order chi connectivity index (χ0) is 15.2. The van der Waals surface area contributed by atoms with Crippen molar-refractivity contribution in [2.75, 3.05) is 11.9 Å². The van der Waals surface area contributed by atoms with Gasteiger partial charge < -0.3 is 11.1 Å². The molecular weight excluding hydrogens is 280 g/mol. The number of carbonyl (C=O) groups is 1. The molecule has 2 rings (SSSR count). The van der Waals surface area contributed by atoms with Gasteiger partial charge in [-0.15, -0.1) is 11.3 Å². The third kappa shape index (κ3) is 3.72. The molecule has 0 fully saturated rings. The summed E-state index contributed by atoms with van der Waals surface area (Å²) in [6, 6.07) is 7.80. The zero-order valence-electron chi connectivity index (χ0n) is 12.2. The minimum atomic E-state index is -0.0803. The van der Waals surface area contributed by atoms with Crippen molar-refractivity contribution in [3.8, 4) is 11.8 Å². The number of benzene rings is 1. The quantitative estimate of drug-likeness (QED) is 0.855. The Morgan fingerprint density at radius 2 is 2.19 bits per heavy atom. The van der Waals surface area contributed by atoms with Crippen LogP contribution in [0.25, 0.3) is 0 Å². The number of aryl methyl sites for hydroxylation is 2. The van der Waals surface area contributed by atoms with Crippen molar-refractivity contribution >= 4 is 22.9 Å². The molecule has 3 nitrogen and oxygen atoms in total. The van der Waals surface area contributed by atoms with Crippen LogP contribution in [0, 0.1) is 18.8 Å². The van der Waals surface area contributed by atoms with Crippen LogP contribution in [0.2, 0.25) is 0 Å². The van der Waals surface area contributed by atoms with Crippen LogP contribution < -0.4 is 11.1 Å². The first kappa shape index (κ1) is 15.3. The van der Waals surface area contributed by atoms with Gasteiger partial charge in [0, 0.05) is 5.56 Å². The van der Waals surface area contributed by atoms with E-state index in [0.29, 0.717) is 6.54 Å². The number of nitrogens with two attached hydrogens (primary N) is 1. The van der Waals surface area contributed by atoms with E-state index in [1.165, 1.54) is 11.3 Å². The monoisotopic (exact) mass is 298 g/mol. The highest BCUT2D eigenvalue weighted by Gasteiger charge is 2.13. The molecule has 108 valence electrons. The molecule has 3 N–H and O–H groups in total. The predicted molar refractivity (Wildman–Crippen MR) is 88.8 cm³/mol. The summed E-state index contributed by atoms with van der Waals surface area (Å²) in [5, 5.41) is 4.91. The Morgan fingerprint density at radius 3 is 2.90 bits per heavy atom. The number of rotatable bonds is 3. The number of carbonyl (C=O) groups excluding carboxylic acids is 1. The molecule has 0 saturated carbocycles. The van der Waals surface area contributed by atoms with Crippen LogP contribution in [0.1, 0.15) is 33.3 Å². The molecule has 0 spiro atoms. The number of hydrogen-bond donors (Lipinski definition) is 2. The van der Waals surface area contributed by atoms with E-state index in [-0.39, 0.29) is 5.91 Å². The second-order valence-corrected chi connectivity index (χ2v) is 5.55. The predicted octanol–water partition coefficient (Wildman–Crippen LogP) is 3.18. The fourth-order valence-electron chi connectivity index (χ4n) is 2.01. The SMILES string of the molecule is CCc1ccsc1C(=O)Nc1cc(C)ccc1C#CCN. The summed E-state index contributed by atoms with van der Waals surface area (Å²) < 4.78 is 0. The van der Waals surface area contributed by atoms with Gasteiger partial charge in [0.05, 0.1) is 17.1 Å². The molecule has 0 bridgehead atoms. The summed E-state index contributed by atoms with van der Waals surface area (Å²) in [4.78, 5) is 13.2. The van der Waals surface area contributed by atoms with Crippen molar-refractivity contribution in [2.24, 2.45) is 5.73 Å². The van der Waals surface area contributed by atoms with E-state index < -0.39 is 0 Å². The third-order valence-electron chi connectivity index (χ3n) is 3.08. The van der Waals surface area contributed by atoms with Gasteiger partial charge in [0.15, 0.2) is 0 Å².